The zero-order valence-corrected chi connectivity index (χ0v) is 11.6. The molecule has 0 bridgehead atoms. The monoisotopic (exact) mass is 250 g/mol. The van der Waals surface area contributed by atoms with Crippen molar-refractivity contribution in [3.8, 4) is 5.75 Å². The molecule has 0 atom stereocenters. The van der Waals surface area contributed by atoms with Crippen LogP contribution in [0.5, 0.6) is 5.75 Å². The van der Waals surface area contributed by atoms with E-state index in [1.165, 1.54) is 5.56 Å². The van der Waals surface area contributed by atoms with Crippen LogP contribution in [-0.2, 0) is 6.54 Å². The van der Waals surface area contributed by atoms with Gasteiger partial charge in [-0.3, -0.25) is 0 Å². The number of rotatable bonds is 6. The van der Waals surface area contributed by atoms with Crippen molar-refractivity contribution in [2.75, 3.05) is 20.8 Å². The highest BCUT2D eigenvalue weighted by atomic mass is 16.5. The summed E-state index contributed by atoms with van der Waals surface area (Å²) in [5.74, 6) is 0.900. The molecule has 0 unspecified atom stereocenters. The molecule has 0 aliphatic carbocycles. The molecule has 0 fully saturated rings. The SMILES string of the molecule is C=CC(=C)C.CNCNCc1ccc(OC)cc1.[HH]. The fourth-order valence-electron chi connectivity index (χ4n) is 1.08. The number of allylic oxidation sites excluding steroid dienone is 2. The van der Waals surface area contributed by atoms with Gasteiger partial charge in [-0.15, -0.1) is 0 Å². The highest BCUT2D eigenvalue weighted by Crippen LogP contribution is 2.10. The maximum Gasteiger partial charge on any atom is 0.118 e. The lowest BCUT2D eigenvalue weighted by Gasteiger charge is -2.04. The van der Waals surface area contributed by atoms with Crippen molar-refractivity contribution in [2.24, 2.45) is 0 Å². The van der Waals surface area contributed by atoms with Crippen molar-refractivity contribution in [1.29, 1.82) is 0 Å². The van der Waals surface area contributed by atoms with E-state index in [2.05, 4.69) is 35.9 Å². The Labute approximate surface area is 112 Å². The minimum atomic E-state index is 0. The summed E-state index contributed by atoms with van der Waals surface area (Å²) in [5, 5.41) is 6.26. The van der Waals surface area contributed by atoms with Gasteiger partial charge in [0.2, 0.25) is 0 Å². The summed E-state index contributed by atoms with van der Waals surface area (Å²) in [6.45, 7) is 10.6. The quantitative estimate of drug-likeness (QED) is 0.462. The number of methoxy groups -OCH3 is 1. The third-order valence-corrected chi connectivity index (χ3v) is 2.14. The average molecular weight is 250 g/mol. The topological polar surface area (TPSA) is 33.3 Å². The molecule has 1 aromatic rings. The molecular formula is C15H26N2O. The third kappa shape index (κ3) is 8.56. The molecule has 0 amide bonds. The molecule has 0 saturated heterocycles. The summed E-state index contributed by atoms with van der Waals surface area (Å²) < 4.78 is 5.06. The third-order valence-electron chi connectivity index (χ3n) is 2.14. The first-order valence-electron chi connectivity index (χ1n) is 5.90. The number of nitrogens with one attached hydrogen (secondary N) is 2. The van der Waals surface area contributed by atoms with Gasteiger partial charge in [0, 0.05) is 14.6 Å². The molecule has 1 rings (SSSR count). The largest absolute Gasteiger partial charge is 0.497 e. The Bertz CT molecular complexity index is 350. The number of ether oxygens (including phenoxy) is 1. The van der Waals surface area contributed by atoms with E-state index in [9.17, 15) is 0 Å². The van der Waals surface area contributed by atoms with E-state index < -0.39 is 0 Å². The van der Waals surface area contributed by atoms with Crippen molar-refractivity contribution < 1.29 is 6.16 Å². The van der Waals surface area contributed by atoms with Gasteiger partial charge >= 0.3 is 0 Å². The second kappa shape index (κ2) is 10.6. The summed E-state index contributed by atoms with van der Waals surface area (Å²) >= 11 is 0. The summed E-state index contributed by atoms with van der Waals surface area (Å²) in [4.78, 5) is 0. The van der Waals surface area contributed by atoms with Gasteiger partial charge in [0.05, 0.1) is 7.11 Å². The Morgan fingerprint density at radius 2 is 1.94 bits per heavy atom. The summed E-state index contributed by atoms with van der Waals surface area (Å²) in [6, 6.07) is 8.05. The highest BCUT2D eigenvalue weighted by molar-refractivity contribution is 5.26. The van der Waals surface area contributed by atoms with Gasteiger partial charge in [0.1, 0.15) is 5.75 Å². The maximum absolute atomic E-state index is 5.06. The summed E-state index contributed by atoms with van der Waals surface area (Å²) in [5.41, 5.74) is 2.28. The van der Waals surface area contributed by atoms with E-state index in [-0.39, 0.29) is 1.43 Å². The van der Waals surface area contributed by atoms with Crippen LogP contribution in [0.25, 0.3) is 0 Å². The van der Waals surface area contributed by atoms with Crippen LogP contribution in [-0.4, -0.2) is 20.8 Å². The normalized spacial score (nSPS) is 9.06. The van der Waals surface area contributed by atoms with Crippen molar-refractivity contribution in [3.63, 3.8) is 0 Å². The van der Waals surface area contributed by atoms with Crippen LogP contribution in [0.4, 0.5) is 0 Å². The molecule has 3 nitrogen and oxygen atoms in total. The lowest BCUT2D eigenvalue weighted by atomic mass is 10.2. The Morgan fingerprint density at radius 1 is 1.39 bits per heavy atom. The second-order valence-corrected chi connectivity index (χ2v) is 3.86. The van der Waals surface area contributed by atoms with Crippen molar-refractivity contribution in [1.82, 2.24) is 10.6 Å². The molecule has 0 heterocycles. The zero-order valence-electron chi connectivity index (χ0n) is 11.6. The van der Waals surface area contributed by atoms with Crippen molar-refractivity contribution in [2.45, 2.75) is 13.5 Å². The van der Waals surface area contributed by atoms with Crippen LogP contribution in [0, 0.1) is 0 Å². The van der Waals surface area contributed by atoms with Crippen LogP contribution in [0.1, 0.15) is 13.9 Å². The lowest BCUT2D eigenvalue weighted by Crippen LogP contribution is -2.25. The van der Waals surface area contributed by atoms with Gasteiger partial charge in [-0.2, -0.15) is 0 Å². The van der Waals surface area contributed by atoms with E-state index in [1.807, 2.05) is 26.1 Å². The predicted octanol–water partition coefficient (Wildman–Crippen LogP) is 2.96. The van der Waals surface area contributed by atoms with E-state index in [0.29, 0.717) is 0 Å². The van der Waals surface area contributed by atoms with E-state index >= 15 is 0 Å². The van der Waals surface area contributed by atoms with Gasteiger partial charge in [-0.1, -0.05) is 36.9 Å². The molecule has 102 valence electrons. The molecule has 0 saturated carbocycles. The van der Waals surface area contributed by atoms with Crippen LogP contribution >= 0.6 is 0 Å². The molecule has 2 N–H and O–H groups in total. The van der Waals surface area contributed by atoms with Gasteiger partial charge in [-0.05, 0) is 31.7 Å². The Hall–Kier alpha value is -1.58. The molecule has 1 aromatic carbocycles. The fourth-order valence-corrected chi connectivity index (χ4v) is 1.08. The second-order valence-electron chi connectivity index (χ2n) is 3.86. The molecular weight excluding hydrogens is 224 g/mol. The van der Waals surface area contributed by atoms with Crippen molar-refractivity contribution in [3.05, 3.63) is 54.6 Å². The van der Waals surface area contributed by atoms with Crippen LogP contribution in [0.15, 0.2) is 49.1 Å². The fraction of sp³-hybridized carbons (Fsp3) is 0.333. The lowest BCUT2D eigenvalue weighted by molar-refractivity contribution is 0.414. The molecule has 0 aliphatic heterocycles. The van der Waals surface area contributed by atoms with E-state index in [0.717, 1.165) is 24.5 Å². The number of hydrogen-bond acceptors (Lipinski definition) is 3. The Morgan fingerprint density at radius 3 is 2.33 bits per heavy atom. The average Bonchev–Trinajstić information content (AvgIpc) is 2.40. The molecule has 0 radical (unpaired) electrons. The van der Waals surface area contributed by atoms with Gasteiger partial charge in [-0.25, -0.2) is 0 Å². The van der Waals surface area contributed by atoms with Gasteiger partial charge < -0.3 is 15.4 Å². The van der Waals surface area contributed by atoms with Crippen LogP contribution < -0.4 is 15.4 Å². The summed E-state index contributed by atoms with van der Waals surface area (Å²) in [6.07, 6.45) is 1.72. The maximum atomic E-state index is 5.06. The molecule has 18 heavy (non-hydrogen) atoms. The Kier molecular flexibility index (Phi) is 9.64. The molecule has 0 spiro atoms. The standard InChI is InChI=1S/C10H16N2O.C5H8.H2/c1-11-8-12-7-9-3-5-10(13-2)6-4-9;1-4-5(2)3;/h3-6,11-12H,7-8H2,1-2H3;4H,1-2H2,3H3;1H. The van der Waals surface area contributed by atoms with Crippen molar-refractivity contribution >= 4 is 0 Å². The smallest absolute Gasteiger partial charge is 0.118 e. The highest BCUT2D eigenvalue weighted by Gasteiger charge is 1.92. The molecule has 0 aliphatic rings. The van der Waals surface area contributed by atoms with Crippen LogP contribution in [0.3, 0.4) is 0 Å². The predicted molar refractivity (Wildman–Crippen MR) is 80.9 cm³/mol. The first-order chi connectivity index (χ1) is 8.63. The minimum Gasteiger partial charge on any atom is -0.497 e. The molecule has 0 aromatic heterocycles. The van der Waals surface area contributed by atoms with Gasteiger partial charge in [0.25, 0.3) is 0 Å². The first kappa shape index (κ1) is 16.4. The number of benzene rings is 1. The Balaban J connectivity index is 0. The summed E-state index contributed by atoms with van der Waals surface area (Å²) in [7, 11) is 3.59. The van der Waals surface area contributed by atoms with Gasteiger partial charge in [0.15, 0.2) is 0 Å². The number of hydrogen-bond donors (Lipinski definition) is 2. The zero-order chi connectivity index (χ0) is 13.8. The van der Waals surface area contributed by atoms with Crippen LogP contribution in [0.2, 0.25) is 0 Å². The minimum absolute atomic E-state index is 0. The first-order valence-corrected chi connectivity index (χ1v) is 5.90. The van der Waals surface area contributed by atoms with E-state index in [1.54, 1.807) is 13.2 Å². The van der Waals surface area contributed by atoms with E-state index in [4.69, 9.17) is 4.74 Å². The molecule has 3 heteroatoms.